The molecule has 0 aromatic heterocycles. The third-order valence-electron chi connectivity index (χ3n) is 10.8. The Kier molecular flexibility index (Phi) is 6.82. The molecule has 238 valence electrons. The normalized spacial score (nSPS) is 11.6. The third kappa shape index (κ3) is 4.76. The Morgan fingerprint density at radius 3 is 1.65 bits per heavy atom. The summed E-state index contributed by atoms with van der Waals surface area (Å²) in [6.45, 7) is 2.27. The fourth-order valence-electron chi connectivity index (χ4n) is 8.44. The molecule has 0 atom stereocenters. The molecule has 0 heterocycles. The van der Waals surface area contributed by atoms with Crippen molar-refractivity contribution in [2.75, 3.05) is 0 Å². The first kappa shape index (κ1) is 29.4. The number of hydrogen-bond donors (Lipinski definition) is 0. The molecule has 0 unspecified atom stereocenters. The van der Waals surface area contributed by atoms with Crippen molar-refractivity contribution in [3.8, 4) is 44.5 Å². The summed E-state index contributed by atoms with van der Waals surface area (Å²) in [4.78, 5) is 0. The van der Waals surface area contributed by atoms with Crippen LogP contribution < -0.4 is 0 Å². The van der Waals surface area contributed by atoms with Crippen LogP contribution >= 0.6 is 0 Å². The Labute approximate surface area is 297 Å². The number of benzene rings is 10. The molecule has 51 heavy (non-hydrogen) atoms. The fourth-order valence-corrected chi connectivity index (χ4v) is 8.44. The van der Waals surface area contributed by atoms with Crippen molar-refractivity contribution in [3.63, 3.8) is 0 Å². The average Bonchev–Trinajstić information content (AvgIpc) is 3.20. The predicted octanol–water partition coefficient (Wildman–Crippen LogP) is 14.4. The highest BCUT2D eigenvalue weighted by molar-refractivity contribution is 6.17. The van der Waals surface area contributed by atoms with Gasteiger partial charge in [-0.1, -0.05) is 170 Å². The monoisotopic (exact) mass is 646 g/mol. The molecule has 0 saturated carbocycles. The summed E-state index contributed by atoms with van der Waals surface area (Å²) in [6, 6.07) is 69.3. The molecule has 0 aliphatic carbocycles. The van der Waals surface area contributed by atoms with Crippen molar-refractivity contribution in [1.29, 1.82) is 0 Å². The average molecular weight is 647 g/mol. The van der Waals surface area contributed by atoms with Gasteiger partial charge in [0.15, 0.2) is 0 Å². The van der Waals surface area contributed by atoms with E-state index in [1.54, 1.807) is 0 Å². The number of aryl methyl sites for hydroxylation is 1. The smallest absolute Gasteiger partial charge is 0.00262 e. The van der Waals surface area contributed by atoms with Gasteiger partial charge in [0.1, 0.15) is 0 Å². The van der Waals surface area contributed by atoms with E-state index in [9.17, 15) is 0 Å². The van der Waals surface area contributed by atoms with Gasteiger partial charge in [-0.2, -0.15) is 0 Å². The highest BCUT2D eigenvalue weighted by Gasteiger charge is 2.18. The third-order valence-corrected chi connectivity index (χ3v) is 10.8. The van der Waals surface area contributed by atoms with Gasteiger partial charge in [-0.25, -0.2) is 0 Å². The molecule has 0 radical (unpaired) electrons. The van der Waals surface area contributed by atoms with Crippen LogP contribution in [0.15, 0.2) is 188 Å². The molecular weight excluding hydrogens is 613 g/mol. The van der Waals surface area contributed by atoms with Gasteiger partial charge in [-0.3, -0.25) is 0 Å². The molecule has 0 amide bonds. The van der Waals surface area contributed by atoms with E-state index < -0.39 is 0 Å². The molecule has 0 saturated heterocycles. The standard InChI is InChI=1S/C51H34/c1-33-39-19-6-11-26-48(39)51(38-18-12-17-35(30-38)42-27-13-16-34-14-2-4-20-41(34)42)50-32-37(28-29-40(33)50)44-22-7-8-24-46(44)49-31-36-15-3-5-21-43(36)45-23-9-10-25-47(45)49/h2-32H,1H3. The van der Waals surface area contributed by atoms with Crippen LogP contribution in [0.1, 0.15) is 5.56 Å². The zero-order valence-corrected chi connectivity index (χ0v) is 28.4. The molecule has 10 rings (SSSR count). The second-order valence-electron chi connectivity index (χ2n) is 13.6. The van der Waals surface area contributed by atoms with E-state index in [-0.39, 0.29) is 0 Å². The summed E-state index contributed by atoms with van der Waals surface area (Å²) >= 11 is 0. The summed E-state index contributed by atoms with van der Waals surface area (Å²) in [6.07, 6.45) is 0. The molecule has 0 aliphatic rings. The first-order valence-corrected chi connectivity index (χ1v) is 17.8. The lowest BCUT2D eigenvalue weighted by Gasteiger charge is -2.19. The molecule has 0 N–H and O–H groups in total. The number of rotatable bonds is 4. The molecular formula is C51H34. The molecule has 0 spiro atoms. The van der Waals surface area contributed by atoms with Gasteiger partial charge in [0, 0.05) is 0 Å². The van der Waals surface area contributed by atoms with Crippen LogP contribution in [-0.4, -0.2) is 0 Å². The lowest BCUT2D eigenvalue weighted by atomic mass is 9.85. The van der Waals surface area contributed by atoms with E-state index in [2.05, 4.69) is 195 Å². The highest BCUT2D eigenvalue weighted by Crippen LogP contribution is 2.44. The van der Waals surface area contributed by atoms with Crippen LogP contribution in [-0.2, 0) is 0 Å². The van der Waals surface area contributed by atoms with Gasteiger partial charge in [-0.05, 0) is 129 Å². The van der Waals surface area contributed by atoms with Gasteiger partial charge in [0.2, 0.25) is 0 Å². The van der Waals surface area contributed by atoms with Crippen molar-refractivity contribution in [1.82, 2.24) is 0 Å². The largest absolute Gasteiger partial charge is 0.0616 e. The van der Waals surface area contributed by atoms with E-state index in [1.807, 2.05) is 0 Å². The second-order valence-corrected chi connectivity index (χ2v) is 13.6. The summed E-state index contributed by atoms with van der Waals surface area (Å²) in [5.41, 5.74) is 11.3. The van der Waals surface area contributed by atoms with Crippen molar-refractivity contribution in [2.45, 2.75) is 6.92 Å². The van der Waals surface area contributed by atoms with Gasteiger partial charge < -0.3 is 0 Å². The summed E-state index contributed by atoms with van der Waals surface area (Å²) < 4.78 is 0. The lowest BCUT2D eigenvalue weighted by Crippen LogP contribution is -1.92. The topological polar surface area (TPSA) is 0 Å². The Hall–Kier alpha value is -6.50. The van der Waals surface area contributed by atoms with Crippen LogP contribution in [0.2, 0.25) is 0 Å². The SMILES string of the molecule is Cc1c2ccccc2c(-c2cccc(-c3cccc4ccccc34)c2)c2cc(-c3ccccc3-c3cc4ccccc4c4ccccc34)ccc12. The molecule has 10 aromatic carbocycles. The van der Waals surface area contributed by atoms with Crippen molar-refractivity contribution >= 4 is 53.9 Å². The van der Waals surface area contributed by atoms with E-state index >= 15 is 0 Å². The van der Waals surface area contributed by atoms with Crippen molar-refractivity contribution < 1.29 is 0 Å². The Balaban J connectivity index is 1.23. The zero-order valence-electron chi connectivity index (χ0n) is 28.4. The van der Waals surface area contributed by atoms with Gasteiger partial charge in [0.05, 0.1) is 0 Å². The van der Waals surface area contributed by atoms with Crippen LogP contribution in [0, 0.1) is 6.92 Å². The molecule has 10 aromatic rings. The van der Waals surface area contributed by atoms with Crippen LogP contribution in [0.3, 0.4) is 0 Å². The lowest BCUT2D eigenvalue weighted by molar-refractivity contribution is 1.56. The van der Waals surface area contributed by atoms with Crippen molar-refractivity contribution in [3.05, 3.63) is 194 Å². The predicted molar refractivity (Wildman–Crippen MR) is 220 cm³/mol. The zero-order chi connectivity index (χ0) is 33.9. The maximum absolute atomic E-state index is 2.44. The minimum atomic E-state index is 1.22. The number of hydrogen-bond acceptors (Lipinski definition) is 0. The van der Waals surface area contributed by atoms with Gasteiger partial charge >= 0.3 is 0 Å². The summed E-state index contributed by atoms with van der Waals surface area (Å²) in [7, 11) is 0. The number of fused-ring (bicyclic) bond motifs is 6. The molecule has 0 heteroatoms. The maximum Gasteiger partial charge on any atom is -0.00262 e. The van der Waals surface area contributed by atoms with Crippen molar-refractivity contribution in [2.24, 2.45) is 0 Å². The van der Waals surface area contributed by atoms with E-state index in [0.717, 1.165) is 0 Å². The first-order valence-electron chi connectivity index (χ1n) is 17.8. The van der Waals surface area contributed by atoms with Gasteiger partial charge in [-0.15, -0.1) is 0 Å². The Morgan fingerprint density at radius 1 is 0.255 bits per heavy atom. The summed E-state index contributed by atoms with van der Waals surface area (Å²) in [5.74, 6) is 0. The maximum atomic E-state index is 2.44. The quantitative estimate of drug-likeness (QED) is 0.132. The first-order chi connectivity index (χ1) is 25.2. The Bertz CT molecular complexity index is 2970. The van der Waals surface area contributed by atoms with E-state index in [4.69, 9.17) is 0 Å². The molecule has 0 nitrogen and oxygen atoms in total. The highest BCUT2D eigenvalue weighted by atomic mass is 14.2. The minimum absolute atomic E-state index is 1.22. The molecule has 0 aliphatic heterocycles. The Morgan fingerprint density at radius 2 is 0.804 bits per heavy atom. The van der Waals surface area contributed by atoms with Crippen LogP contribution in [0.5, 0.6) is 0 Å². The minimum Gasteiger partial charge on any atom is -0.0616 e. The molecule has 0 bridgehead atoms. The second kappa shape index (κ2) is 11.8. The fraction of sp³-hybridized carbons (Fsp3) is 0.0196. The van der Waals surface area contributed by atoms with Crippen LogP contribution in [0.25, 0.3) is 98.4 Å². The molecule has 0 fully saturated rings. The van der Waals surface area contributed by atoms with E-state index in [0.29, 0.717) is 0 Å². The van der Waals surface area contributed by atoms with Gasteiger partial charge in [0.25, 0.3) is 0 Å². The van der Waals surface area contributed by atoms with Crippen LogP contribution in [0.4, 0.5) is 0 Å². The summed E-state index contributed by atoms with van der Waals surface area (Å²) in [5, 5.41) is 12.8. The van der Waals surface area contributed by atoms with E-state index in [1.165, 1.54) is 104 Å².